The lowest BCUT2D eigenvalue weighted by Crippen LogP contribution is -2.30. The molecule has 68 valence electrons. The highest BCUT2D eigenvalue weighted by Crippen LogP contribution is 2.29. The molecule has 0 saturated carbocycles. The molecule has 0 spiro atoms. The summed E-state index contributed by atoms with van der Waals surface area (Å²) >= 11 is 1.65. The molecule has 1 atom stereocenters. The number of likely N-dealkylation sites (N-methyl/N-ethyl adjacent to an activating group) is 1. The summed E-state index contributed by atoms with van der Waals surface area (Å²) in [6.45, 7) is 0. The minimum absolute atomic E-state index is 0.609. The van der Waals surface area contributed by atoms with Crippen LogP contribution in [0.1, 0.15) is 21.7 Å². The summed E-state index contributed by atoms with van der Waals surface area (Å²) in [5.74, 6) is 0. The van der Waals surface area contributed by atoms with Crippen LogP contribution in [0.5, 0.6) is 0 Å². The highest BCUT2D eigenvalue weighted by atomic mass is 32.1. The Morgan fingerprint density at radius 2 is 2.54 bits per heavy atom. The first-order valence-corrected chi connectivity index (χ1v) is 5.34. The second-order valence-corrected chi connectivity index (χ2v) is 4.54. The molecular formula is C10H12N2S. The van der Waals surface area contributed by atoms with Crippen molar-refractivity contribution in [3.05, 3.63) is 21.4 Å². The number of aryl methyl sites for hydroxylation is 1. The van der Waals surface area contributed by atoms with Crippen molar-refractivity contribution < 1.29 is 0 Å². The van der Waals surface area contributed by atoms with Crippen LogP contribution in [0, 0.1) is 11.3 Å². The van der Waals surface area contributed by atoms with Crippen molar-refractivity contribution in [1.29, 1.82) is 5.26 Å². The fourth-order valence-electron chi connectivity index (χ4n) is 1.81. The van der Waals surface area contributed by atoms with Crippen molar-refractivity contribution in [2.45, 2.75) is 25.3 Å². The second kappa shape index (κ2) is 3.49. The summed E-state index contributed by atoms with van der Waals surface area (Å²) in [5.41, 5.74) is 1.40. The van der Waals surface area contributed by atoms with Gasteiger partial charge < -0.3 is 5.32 Å². The maximum atomic E-state index is 8.75. The van der Waals surface area contributed by atoms with E-state index >= 15 is 0 Å². The van der Waals surface area contributed by atoms with Crippen LogP contribution in [0.4, 0.5) is 0 Å². The number of nitrogens with zero attached hydrogens (tertiary/aromatic N) is 1. The average Bonchev–Trinajstić information content (AvgIpc) is 2.58. The Morgan fingerprint density at radius 3 is 3.23 bits per heavy atom. The van der Waals surface area contributed by atoms with Gasteiger partial charge in [0.25, 0.3) is 0 Å². The van der Waals surface area contributed by atoms with Crippen molar-refractivity contribution in [2.24, 2.45) is 0 Å². The van der Waals surface area contributed by atoms with E-state index in [1.165, 1.54) is 16.9 Å². The van der Waals surface area contributed by atoms with Crippen molar-refractivity contribution in [3.63, 3.8) is 0 Å². The minimum atomic E-state index is 0.609. The smallest absolute Gasteiger partial charge is 0.110 e. The van der Waals surface area contributed by atoms with Crippen LogP contribution in [0.15, 0.2) is 6.07 Å². The lowest BCUT2D eigenvalue weighted by atomic mass is 9.95. The topological polar surface area (TPSA) is 35.8 Å². The summed E-state index contributed by atoms with van der Waals surface area (Å²) in [7, 11) is 2.01. The lowest BCUT2D eigenvalue weighted by Gasteiger charge is -2.20. The third-order valence-electron chi connectivity index (χ3n) is 2.61. The molecule has 1 aromatic heterocycles. The van der Waals surface area contributed by atoms with E-state index in [1.807, 2.05) is 13.1 Å². The third-order valence-corrected chi connectivity index (χ3v) is 3.71. The van der Waals surface area contributed by atoms with Gasteiger partial charge in [0, 0.05) is 10.9 Å². The SMILES string of the molecule is CNC1CCc2cc(C#N)sc2C1. The van der Waals surface area contributed by atoms with Gasteiger partial charge in [0.15, 0.2) is 0 Å². The predicted molar refractivity (Wildman–Crippen MR) is 53.9 cm³/mol. The maximum absolute atomic E-state index is 8.75. The first-order chi connectivity index (χ1) is 6.33. The van der Waals surface area contributed by atoms with Gasteiger partial charge in [0.05, 0.1) is 0 Å². The van der Waals surface area contributed by atoms with Gasteiger partial charge in [-0.05, 0) is 37.9 Å². The Kier molecular flexibility index (Phi) is 2.34. The zero-order valence-electron chi connectivity index (χ0n) is 7.63. The predicted octanol–water partition coefficient (Wildman–Crippen LogP) is 1.70. The molecule has 1 aliphatic carbocycles. The van der Waals surface area contributed by atoms with Crippen LogP contribution in [-0.4, -0.2) is 13.1 Å². The molecule has 1 N–H and O–H groups in total. The molecule has 0 bridgehead atoms. The monoisotopic (exact) mass is 192 g/mol. The molecule has 13 heavy (non-hydrogen) atoms. The average molecular weight is 192 g/mol. The van der Waals surface area contributed by atoms with Crippen molar-refractivity contribution in [2.75, 3.05) is 7.05 Å². The standard InChI is InChI=1S/C10H12N2S/c1-12-8-3-2-7-4-9(6-11)13-10(7)5-8/h4,8,12H,2-3,5H2,1H3. The number of fused-ring (bicyclic) bond motifs is 1. The van der Waals surface area contributed by atoms with Crippen molar-refractivity contribution in [3.8, 4) is 6.07 Å². The fourth-order valence-corrected chi connectivity index (χ4v) is 2.90. The fraction of sp³-hybridized carbons (Fsp3) is 0.500. The Morgan fingerprint density at radius 1 is 1.69 bits per heavy atom. The van der Waals surface area contributed by atoms with Gasteiger partial charge in [-0.2, -0.15) is 5.26 Å². The van der Waals surface area contributed by atoms with Gasteiger partial charge in [-0.25, -0.2) is 0 Å². The zero-order chi connectivity index (χ0) is 9.26. The van der Waals surface area contributed by atoms with Gasteiger partial charge in [-0.15, -0.1) is 11.3 Å². The van der Waals surface area contributed by atoms with E-state index in [2.05, 4.69) is 11.4 Å². The van der Waals surface area contributed by atoms with Crippen LogP contribution in [0.2, 0.25) is 0 Å². The van der Waals surface area contributed by atoms with Gasteiger partial charge >= 0.3 is 0 Å². The molecule has 0 aromatic carbocycles. The molecule has 0 aliphatic heterocycles. The summed E-state index contributed by atoms with van der Waals surface area (Å²) < 4.78 is 0. The van der Waals surface area contributed by atoms with E-state index in [4.69, 9.17) is 5.26 Å². The summed E-state index contributed by atoms with van der Waals surface area (Å²) in [5, 5.41) is 12.1. The number of nitriles is 1. The number of rotatable bonds is 1. The Bertz CT molecular complexity index is 348. The minimum Gasteiger partial charge on any atom is -0.317 e. The van der Waals surface area contributed by atoms with Crippen molar-refractivity contribution >= 4 is 11.3 Å². The van der Waals surface area contributed by atoms with Crippen LogP contribution in [0.25, 0.3) is 0 Å². The summed E-state index contributed by atoms with van der Waals surface area (Å²) in [6.07, 6.45) is 3.42. The Labute approximate surface area is 82.2 Å². The van der Waals surface area contributed by atoms with Crippen LogP contribution >= 0.6 is 11.3 Å². The van der Waals surface area contributed by atoms with E-state index in [9.17, 15) is 0 Å². The molecule has 0 amide bonds. The van der Waals surface area contributed by atoms with Gasteiger partial charge in [0.2, 0.25) is 0 Å². The molecule has 0 radical (unpaired) electrons. The van der Waals surface area contributed by atoms with Crippen LogP contribution in [-0.2, 0) is 12.8 Å². The number of nitrogens with one attached hydrogen (secondary N) is 1. The van der Waals surface area contributed by atoms with Crippen LogP contribution in [0.3, 0.4) is 0 Å². The second-order valence-electron chi connectivity index (χ2n) is 3.40. The third kappa shape index (κ3) is 1.60. The molecule has 2 rings (SSSR count). The number of hydrogen-bond acceptors (Lipinski definition) is 3. The quantitative estimate of drug-likeness (QED) is 0.735. The lowest BCUT2D eigenvalue weighted by molar-refractivity contribution is 0.501. The molecule has 0 saturated heterocycles. The van der Waals surface area contributed by atoms with Crippen molar-refractivity contribution in [1.82, 2.24) is 5.32 Å². The number of thiophene rings is 1. The molecule has 0 fully saturated rings. The molecule has 1 unspecified atom stereocenters. The van der Waals surface area contributed by atoms with E-state index in [-0.39, 0.29) is 0 Å². The van der Waals surface area contributed by atoms with Gasteiger partial charge in [-0.1, -0.05) is 0 Å². The largest absolute Gasteiger partial charge is 0.317 e. The first kappa shape index (κ1) is 8.74. The van der Waals surface area contributed by atoms with E-state index in [0.29, 0.717) is 6.04 Å². The number of hydrogen-bond donors (Lipinski definition) is 1. The molecule has 1 aromatic rings. The Balaban J connectivity index is 2.25. The molecular weight excluding hydrogens is 180 g/mol. The van der Waals surface area contributed by atoms with E-state index in [1.54, 1.807) is 11.3 Å². The Hall–Kier alpha value is -0.850. The highest BCUT2D eigenvalue weighted by molar-refractivity contribution is 7.12. The molecule has 2 nitrogen and oxygen atoms in total. The first-order valence-electron chi connectivity index (χ1n) is 4.52. The molecule has 3 heteroatoms. The van der Waals surface area contributed by atoms with Gasteiger partial charge in [-0.3, -0.25) is 0 Å². The zero-order valence-corrected chi connectivity index (χ0v) is 8.45. The van der Waals surface area contributed by atoms with E-state index in [0.717, 1.165) is 17.7 Å². The molecule has 1 aliphatic rings. The molecule has 1 heterocycles. The van der Waals surface area contributed by atoms with Crippen LogP contribution < -0.4 is 5.32 Å². The summed E-state index contributed by atoms with van der Waals surface area (Å²) in [4.78, 5) is 2.27. The maximum Gasteiger partial charge on any atom is 0.110 e. The normalized spacial score (nSPS) is 20.8. The van der Waals surface area contributed by atoms with E-state index < -0.39 is 0 Å². The highest BCUT2D eigenvalue weighted by Gasteiger charge is 2.19. The van der Waals surface area contributed by atoms with Gasteiger partial charge in [0.1, 0.15) is 10.9 Å². The summed E-state index contributed by atoms with van der Waals surface area (Å²) in [6, 6.07) is 4.87.